The Morgan fingerprint density at radius 3 is 2.82 bits per heavy atom. The number of para-hydroxylation sites is 1. The van der Waals surface area contributed by atoms with E-state index in [2.05, 4.69) is 0 Å². The van der Waals surface area contributed by atoms with Crippen molar-refractivity contribution in [2.45, 2.75) is 32.0 Å². The molecular formula is C13H16O4. The van der Waals surface area contributed by atoms with Crippen molar-refractivity contribution in [1.29, 1.82) is 0 Å². The topological polar surface area (TPSA) is 55.8 Å². The monoisotopic (exact) mass is 236 g/mol. The number of ether oxygens (including phenoxy) is 2. The third kappa shape index (κ3) is 1.78. The van der Waals surface area contributed by atoms with Crippen LogP contribution in [0.4, 0.5) is 0 Å². The van der Waals surface area contributed by atoms with E-state index in [1.807, 2.05) is 19.1 Å². The first-order valence-electron chi connectivity index (χ1n) is 5.78. The number of rotatable bonds is 3. The summed E-state index contributed by atoms with van der Waals surface area (Å²) in [4.78, 5) is 11.8. The molecule has 1 heterocycles. The van der Waals surface area contributed by atoms with Crippen LogP contribution in [-0.2, 0) is 15.1 Å². The van der Waals surface area contributed by atoms with Gasteiger partial charge in [0.05, 0.1) is 6.61 Å². The van der Waals surface area contributed by atoms with Crippen LogP contribution in [0.15, 0.2) is 24.3 Å². The number of carbonyl (C=O) groups is 1. The lowest BCUT2D eigenvalue weighted by Gasteiger charge is -2.25. The Morgan fingerprint density at radius 2 is 2.18 bits per heavy atom. The summed E-state index contributed by atoms with van der Waals surface area (Å²) < 4.78 is 10.4. The van der Waals surface area contributed by atoms with Gasteiger partial charge in [0.15, 0.2) is 0 Å². The van der Waals surface area contributed by atoms with Crippen molar-refractivity contribution in [3.8, 4) is 5.75 Å². The van der Waals surface area contributed by atoms with Gasteiger partial charge in [0.1, 0.15) is 11.4 Å². The van der Waals surface area contributed by atoms with Gasteiger partial charge in [-0.3, -0.25) is 0 Å². The van der Waals surface area contributed by atoms with Crippen molar-refractivity contribution in [2.75, 3.05) is 6.61 Å². The van der Waals surface area contributed by atoms with Crippen molar-refractivity contribution in [3.05, 3.63) is 29.8 Å². The third-order valence-electron chi connectivity index (χ3n) is 3.07. The molecule has 0 radical (unpaired) electrons. The number of hydrogen-bond acceptors (Lipinski definition) is 4. The fourth-order valence-corrected chi connectivity index (χ4v) is 2.13. The van der Waals surface area contributed by atoms with Crippen LogP contribution in [-0.4, -0.2) is 23.8 Å². The Hall–Kier alpha value is -1.55. The molecule has 1 aliphatic rings. The first kappa shape index (κ1) is 11.9. The van der Waals surface area contributed by atoms with E-state index in [0.717, 1.165) is 0 Å². The van der Waals surface area contributed by atoms with E-state index in [1.165, 1.54) is 0 Å². The zero-order valence-electron chi connectivity index (χ0n) is 9.97. The van der Waals surface area contributed by atoms with Crippen LogP contribution < -0.4 is 4.74 Å². The van der Waals surface area contributed by atoms with E-state index < -0.39 is 17.7 Å². The molecule has 2 rings (SSSR count). The Kier molecular flexibility index (Phi) is 3.07. The van der Waals surface area contributed by atoms with E-state index in [4.69, 9.17) is 9.47 Å². The van der Waals surface area contributed by atoms with E-state index in [1.54, 1.807) is 19.1 Å². The number of fused-ring (bicyclic) bond motifs is 1. The molecule has 1 aromatic carbocycles. The standard InChI is InChI=1S/C13H16O4/c1-3-13(15)9-7-5-6-8-10(9)17-11(13)12(14)16-4-2/h5-8,11,15H,3-4H2,1-2H3/t11-,13+/m0/s1. The SMILES string of the molecule is CCOC(=O)[C@@H]1Oc2ccccc2[C@]1(O)CC. The van der Waals surface area contributed by atoms with Crippen molar-refractivity contribution in [1.82, 2.24) is 0 Å². The molecule has 0 bridgehead atoms. The van der Waals surface area contributed by atoms with Gasteiger partial charge in [-0.05, 0) is 19.4 Å². The van der Waals surface area contributed by atoms with Gasteiger partial charge >= 0.3 is 5.97 Å². The minimum absolute atomic E-state index is 0.273. The second kappa shape index (κ2) is 4.37. The molecule has 0 aliphatic carbocycles. The van der Waals surface area contributed by atoms with E-state index in [9.17, 15) is 9.90 Å². The molecule has 1 aromatic rings. The molecule has 4 heteroatoms. The van der Waals surface area contributed by atoms with Gasteiger partial charge in [-0.25, -0.2) is 4.79 Å². The lowest BCUT2D eigenvalue weighted by molar-refractivity contribution is -0.163. The van der Waals surface area contributed by atoms with Gasteiger partial charge in [-0.15, -0.1) is 0 Å². The zero-order valence-corrected chi connectivity index (χ0v) is 9.97. The van der Waals surface area contributed by atoms with Crippen LogP contribution in [0.5, 0.6) is 5.75 Å². The number of carbonyl (C=O) groups excluding carboxylic acids is 1. The van der Waals surface area contributed by atoms with Gasteiger partial charge in [0.25, 0.3) is 0 Å². The molecule has 2 atom stereocenters. The zero-order chi connectivity index (χ0) is 12.5. The van der Waals surface area contributed by atoms with Gasteiger partial charge in [-0.2, -0.15) is 0 Å². The summed E-state index contributed by atoms with van der Waals surface area (Å²) in [5.41, 5.74) is -0.636. The van der Waals surface area contributed by atoms with Crippen molar-refractivity contribution >= 4 is 5.97 Å². The normalized spacial score (nSPS) is 26.2. The van der Waals surface area contributed by atoms with Gasteiger partial charge in [0, 0.05) is 5.56 Å². The maximum absolute atomic E-state index is 11.8. The number of hydrogen-bond donors (Lipinski definition) is 1. The molecule has 92 valence electrons. The fourth-order valence-electron chi connectivity index (χ4n) is 2.13. The summed E-state index contributed by atoms with van der Waals surface area (Å²) in [7, 11) is 0. The maximum atomic E-state index is 11.8. The third-order valence-corrected chi connectivity index (χ3v) is 3.07. The number of aliphatic hydroxyl groups is 1. The van der Waals surface area contributed by atoms with Crippen LogP contribution in [0, 0.1) is 0 Å². The lowest BCUT2D eigenvalue weighted by Crippen LogP contribution is -2.44. The average Bonchev–Trinajstić information content (AvgIpc) is 2.65. The van der Waals surface area contributed by atoms with Gasteiger partial charge < -0.3 is 14.6 Å². The lowest BCUT2D eigenvalue weighted by atomic mass is 9.87. The summed E-state index contributed by atoms with van der Waals surface area (Å²) in [5, 5.41) is 10.6. The second-order valence-corrected chi connectivity index (χ2v) is 4.02. The van der Waals surface area contributed by atoms with Crippen molar-refractivity contribution in [3.63, 3.8) is 0 Å². The quantitative estimate of drug-likeness (QED) is 0.810. The average molecular weight is 236 g/mol. The highest BCUT2D eigenvalue weighted by Crippen LogP contribution is 2.43. The summed E-state index contributed by atoms with van der Waals surface area (Å²) in [6, 6.07) is 7.14. The predicted molar refractivity (Wildman–Crippen MR) is 61.7 cm³/mol. The molecular weight excluding hydrogens is 220 g/mol. The molecule has 1 N–H and O–H groups in total. The molecule has 17 heavy (non-hydrogen) atoms. The van der Waals surface area contributed by atoms with E-state index in [0.29, 0.717) is 17.7 Å². The first-order chi connectivity index (χ1) is 8.13. The Bertz CT molecular complexity index is 429. The Balaban J connectivity index is 2.37. The summed E-state index contributed by atoms with van der Waals surface area (Å²) in [6.45, 7) is 3.82. The van der Waals surface area contributed by atoms with Gasteiger partial charge in [0.2, 0.25) is 6.10 Å². The number of esters is 1. The molecule has 0 amide bonds. The van der Waals surface area contributed by atoms with Crippen LogP contribution in [0.25, 0.3) is 0 Å². The van der Waals surface area contributed by atoms with Crippen LogP contribution in [0.2, 0.25) is 0 Å². The predicted octanol–water partition coefficient (Wildman–Crippen LogP) is 1.61. The minimum Gasteiger partial charge on any atom is -0.475 e. The highest BCUT2D eigenvalue weighted by molar-refractivity contribution is 5.79. The Morgan fingerprint density at radius 1 is 1.47 bits per heavy atom. The van der Waals surface area contributed by atoms with E-state index >= 15 is 0 Å². The van der Waals surface area contributed by atoms with Crippen LogP contribution in [0.3, 0.4) is 0 Å². The summed E-state index contributed by atoms with van der Waals surface area (Å²) in [5.74, 6) is 0.0305. The first-order valence-corrected chi connectivity index (χ1v) is 5.78. The molecule has 0 saturated heterocycles. The largest absolute Gasteiger partial charge is 0.475 e. The van der Waals surface area contributed by atoms with Crippen molar-refractivity contribution < 1.29 is 19.4 Å². The maximum Gasteiger partial charge on any atom is 0.350 e. The smallest absolute Gasteiger partial charge is 0.350 e. The molecule has 0 saturated carbocycles. The summed E-state index contributed by atoms with van der Waals surface area (Å²) in [6.07, 6.45) is -0.571. The van der Waals surface area contributed by atoms with Crippen LogP contribution in [0.1, 0.15) is 25.8 Å². The van der Waals surface area contributed by atoms with Crippen LogP contribution >= 0.6 is 0 Å². The molecule has 0 fully saturated rings. The molecule has 0 spiro atoms. The molecule has 0 unspecified atom stereocenters. The summed E-state index contributed by atoms with van der Waals surface area (Å²) >= 11 is 0. The molecule has 0 aromatic heterocycles. The number of benzene rings is 1. The highest BCUT2D eigenvalue weighted by atomic mass is 16.6. The second-order valence-electron chi connectivity index (χ2n) is 4.02. The molecule has 4 nitrogen and oxygen atoms in total. The highest BCUT2D eigenvalue weighted by Gasteiger charge is 2.51. The van der Waals surface area contributed by atoms with Crippen molar-refractivity contribution in [2.24, 2.45) is 0 Å². The Labute approximate surface area is 100 Å². The fraction of sp³-hybridized carbons (Fsp3) is 0.462. The van der Waals surface area contributed by atoms with Gasteiger partial charge in [-0.1, -0.05) is 25.1 Å². The van der Waals surface area contributed by atoms with E-state index in [-0.39, 0.29) is 6.61 Å². The molecule has 1 aliphatic heterocycles. The minimum atomic E-state index is -1.29.